The number of nitrogens with zero attached hydrogens (tertiary/aromatic N) is 2. The van der Waals surface area contributed by atoms with Crippen LogP contribution in [0.1, 0.15) is 24.3 Å². The highest BCUT2D eigenvalue weighted by Gasteiger charge is 2.27. The molecule has 0 bridgehead atoms. The minimum absolute atomic E-state index is 0.0173. The van der Waals surface area contributed by atoms with Crippen LogP contribution in [-0.4, -0.2) is 29.6 Å². The maximum absolute atomic E-state index is 13.7. The first-order valence-electron chi connectivity index (χ1n) is 11.8. The summed E-state index contributed by atoms with van der Waals surface area (Å²) < 4.78 is 29.7. The Kier molecular flexibility index (Phi) is 6.63. The second-order valence-electron chi connectivity index (χ2n) is 8.94. The smallest absolute Gasteiger partial charge is 0.267 e. The molecule has 0 aliphatic heterocycles. The highest BCUT2D eigenvalue weighted by Crippen LogP contribution is 2.44. The van der Waals surface area contributed by atoms with E-state index in [-0.39, 0.29) is 16.2 Å². The summed E-state index contributed by atoms with van der Waals surface area (Å²) >= 11 is 5.64. The Bertz CT molecular complexity index is 1880. The molecular formula is C27H20BrN3O4S3. The van der Waals surface area contributed by atoms with Gasteiger partial charge in [0.25, 0.3) is 15.6 Å². The van der Waals surface area contributed by atoms with E-state index in [4.69, 9.17) is 4.98 Å². The molecule has 1 aliphatic rings. The first-order chi connectivity index (χ1) is 18.3. The monoisotopic (exact) mass is 625 g/mol. The van der Waals surface area contributed by atoms with Crippen molar-refractivity contribution in [2.45, 2.75) is 28.8 Å². The van der Waals surface area contributed by atoms with Gasteiger partial charge in [-0.15, -0.1) is 11.3 Å². The summed E-state index contributed by atoms with van der Waals surface area (Å²) in [4.78, 5) is 31.7. The maximum atomic E-state index is 13.7. The number of benzene rings is 3. The number of fused-ring (bicyclic) bond motifs is 2. The fraction of sp³-hybridized carbons (Fsp3) is 0.148. The summed E-state index contributed by atoms with van der Waals surface area (Å²) in [5, 5.41) is 4.66. The Morgan fingerprint density at radius 1 is 1.03 bits per heavy atom. The topological polar surface area (TPSA) is 98.1 Å². The van der Waals surface area contributed by atoms with E-state index >= 15 is 0 Å². The van der Waals surface area contributed by atoms with Gasteiger partial charge >= 0.3 is 0 Å². The normalized spacial score (nSPS) is 13.7. The number of thioether (sulfide) groups is 1. The van der Waals surface area contributed by atoms with Gasteiger partial charge in [-0.1, -0.05) is 58.0 Å². The molecule has 1 N–H and O–H groups in total. The van der Waals surface area contributed by atoms with E-state index in [1.807, 2.05) is 29.6 Å². The SMILES string of the molecule is O=C(CSc1nc2sccc2c(=O)n1-c1ccc(C2CC2)c2ccccc12)NS(=O)(=O)c1ccc(Br)cc1. The number of rotatable bonds is 7. The molecule has 0 atom stereocenters. The molecular weight excluding hydrogens is 606 g/mol. The average Bonchev–Trinajstić information content (AvgIpc) is 3.63. The average molecular weight is 627 g/mol. The van der Waals surface area contributed by atoms with E-state index in [9.17, 15) is 18.0 Å². The zero-order valence-electron chi connectivity index (χ0n) is 19.8. The van der Waals surface area contributed by atoms with Crippen molar-refractivity contribution in [3.63, 3.8) is 0 Å². The third-order valence-corrected chi connectivity index (χ3v) is 10.0. The van der Waals surface area contributed by atoms with Gasteiger partial charge in [-0.05, 0) is 71.5 Å². The molecule has 0 unspecified atom stereocenters. The summed E-state index contributed by atoms with van der Waals surface area (Å²) in [6, 6.07) is 19.8. The third-order valence-electron chi connectivity index (χ3n) is 6.36. The summed E-state index contributed by atoms with van der Waals surface area (Å²) in [7, 11) is -4.03. The van der Waals surface area contributed by atoms with Crippen LogP contribution >= 0.6 is 39.0 Å². The number of carbonyl (C=O) groups is 1. The second-order valence-corrected chi connectivity index (χ2v) is 13.4. The molecule has 1 saturated carbocycles. The minimum Gasteiger partial charge on any atom is -0.273 e. The number of hydrogen-bond acceptors (Lipinski definition) is 7. The summed E-state index contributed by atoms with van der Waals surface area (Å²) in [6.07, 6.45) is 2.32. The Balaban J connectivity index is 1.37. The van der Waals surface area contributed by atoms with Gasteiger partial charge in [-0.2, -0.15) is 0 Å². The van der Waals surface area contributed by atoms with E-state index in [1.54, 1.807) is 18.2 Å². The summed E-state index contributed by atoms with van der Waals surface area (Å²) in [5.74, 6) is -0.413. The van der Waals surface area contributed by atoms with Gasteiger partial charge in [0.2, 0.25) is 5.91 Å². The van der Waals surface area contributed by atoms with Crippen LogP contribution in [0.2, 0.25) is 0 Å². The van der Waals surface area contributed by atoms with Crippen LogP contribution in [-0.2, 0) is 14.8 Å². The molecule has 6 rings (SSSR count). The molecule has 1 aliphatic carbocycles. The number of nitrogens with one attached hydrogen (secondary N) is 1. The second kappa shape index (κ2) is 9.96. The van der Waals surface area contributed by atoms with Gasteiger partial charge in [0.05, 0.1) is 21.7 Å². The Labute approximate surface area is 235 Å². The lowest BCUT2D eigenvalue weighted by molar-refractivity contribution is -0.116. The number of halogens is 1. The minimum atomic E-state index is -4.03. The third kappa shape index (κ3) is 4.79. The Morgan fingerprint density at radius 3 is 2.50 bits per heavy atom. The maximum Gasteiger partial charge on any atom is 0.267 e. The lowest BCUT2D eigenvalue weighted by Crippen LogP contribution is -2.32. The first kappa shape index (κ1) is 25.3. The zero-order valence-corrected chi connectivity index (χ0v) is 23.8. The summed E-state index contributed by atoms with van der Waals surface area (Å²) in [5.41, 5.74) is 1.72. The standard InChI is InChI=1S/C27H20BrN3O4S3/c28-17-7-9-18(10-8-17)38(34,35)30-24(32)15-37-27-29-25-22(13-14-36-25)26(33)31(27)23-12-11-19(16-5-6-16)20-3-1-2-4-21(20)23/h1-4,7-14,16H,5-6,15H2,(H,30,32). The molecule has 1 amide bonds. The fourth-order valence-electron chi connectivity index (χ4n) is 4.44. The molecule has 0 radical (unpaired) electrons. The van der Waals surface area contributed by atoms with E-state index in [0.717, 1.165) is 39.8 Å². The number of aromatic nitrogens is 2. The van der Waals surface area contributed by atoms with E-state index in [0.29, 0.717) is 27.0 Å². The molecule has 1 fully saturated rings. The number of carbonyl (C=O) groups excluding carboxylic acids is 1. The van der Waals surface area contributed by atoms with Gasteiger partial charge in [0.15, 0.2) is 5.16 Å². The molecule has 7 nitrogen and oxygen atoms in total. The van der Waals surface area contributed by atoms with Crippen LogP contribution in [0.5, 0.6) is 0 Å². The van der Waals surface area contributed by atoms with Crippen molar-refractivity contribution in [1.29, 1.82) is 0 Å². The molecule has 2 aromatic heterocycles. The lowest BCUT2D eigenvalue weighted by atomic mass is 9.99. The van der Waals surface area contributed by atoms with Crippen molar-refractivity contribution in [3.8, 4) is 5.69 Å². The van der Waals surface area contributed by atoms with Gasteiger partial charge in [0, 0.05) is 9.86 Å². The van der Waals surface area contributed by atoms with Gasteiger partial charge in [-0.25, -0.2) is 18.1 Å². The van der Waals surface area contributed by atoms with E-state index in [1.165, 1.54) is 33.6 Å². The molecule has 38 heavy (non-hydrogen) atoms. The van der Waals surface area contributed by atoms with Crippen molar-refractivity contribution in [2.24, 2.45) is 0 Å². The quantitative estimate of drug-likeness (QED) is 0.180. The van der Waals surface area contributed by atoms with Crippen molar-refractivity contribution in [3.05, 3.63) is 92.5 Å². The molecule has 3 aromatic carbocycles. The van der Waals surface area contributed by atoms with Crippen molar-refractivity contribution < 1.29 is 13.2 Å². The summed E-state index contributed by atoms with van der Waals surface area (Å²) in [6.45, 7) is 0. The number of sulfonamides is 1. The van der Waals surface area contributed by atoms with Crippen LogP contribution < -0.4 is 10.3 Å². The molecule has 11 heteroatoms. The predicted octanol–water partition coefficient (Wildman–Crippen LogP) is 5.84. The van der Waals surface area contributed by atoms with Crippen molar-refractivity contribution in [1.82, 2.24) is 14.3 Å². The Morgan fingerprint density at radius 2 is 1.76 bits per heavy atom. The van der Waals surface area contributed by atoms with Gasteiger partial charge in [0.1, 0.15) is 4.83 Å². The molecule has 192 valence electrons. The van der Waals surface area contributed by atoms with Crippen LogP contribution in [0.25, 0.3) is 26.7 Å². The fourth-order valence-corrected chi connectivity index (χ4v) is 7.39. The van der Waals surface area contributed by atoms with Crippen LogP contribution in [0.3, 0.4) is 0 Å². The number of amides is 1. The van der Waals surface area contributed by atoms with E-state index < -0.39 is 15.9 Å². The predicted molar refractivity (Wildman–Crippen MR) is 155 cm³/mol. The van der Waals surface area contributed by atoms with Crippen LogP contribution in [0.4, 0.5) is 0 Å². The van der Waals surface area contributed by atoms with Gasteiger partial charge in [-0.3, -0.25) is 14.2 Å². The van der Waals surface area contributed by atoms with Crippen molar-refractivity contribution in [2.75, 3.05) is 5.75 Å². The largest absolute Gasteiger partial charge is 0.273 e. The Hall–Kier alpha value is -2.99. The molecule has 0 saturated heterocycles. The lowest BCUT2D eigenvalue weighted by Gasteiger charge is -2.16. The van der Waals surface area contributed by atoms with Crippen molar-refractivity contribution >= 4 is 75.9 Å². The molecule has 2 heterocycles. The first-order valence-corrected chi connectivity index (χ1v) is 15.9. The molecule has 5 aromatic rings. The molecule has 0 spiro atoms. The van der Waals surface area contributed by atoms with Crippen LogP contribution in [0.15, 0.2) is 91.4 Å². The van der Waals surface area contributed by atoms with Gasteiger partial charge < -0.3 is 0 Å². The highest BCUT2D eigenvalue weighted by atomic mass is 79.9. The number of hydrogen-bond donors (Lipinski definition) is 1. The highest BCUT2D eigenvalue weighted by molar-refractivity contribution is 9.10. The van der Waals surface area contributed by atoms with Crippen LogP contribution in [0, 0.1) is 0 Å². The van der Waals surface area contributed by atoms with E-state index in [2.05, 4.69) is 32.8 Å². The zero-order chi connectivity index (χ0) is 26.4. The number of thiophene rings is 1.